The summed E-state index contributed by atoms with van der Waals surface area (Å²) in [5.74, 6) is 0.743. The summed E-state index contributed by atoms with van der Waals surface area (Å²) in [5, 5.41) is 12.4. The van der Waals surface area contributed by atoms with Crippen LogP contribution in [-0.4, -0.2) is 26.0 Å². The lowest BCUT2D eigenvalue weighted by atomic mass is 10.0. The van der Waals surface area contributed by atoms with E-state index in [1.165, 1.54) is 11.8 Å². The molecule has 1 amide bonds. The molecule has 0 spiro atoms. The van der Waals surface area contributed by atoms with Gasteiger partial charge in [-0.2, -0.15) is 0 Å². The molecule has 3 aromatic rings. The number of benzene rings is 2. The third kappa shape index (κ3) is 3.72. The summed E-state index contributed by atoms with van der Waals surface area (Å²) < 4.78 is 1.87. The van der Waals surface area contributed by atoms with Crippen molar-refractivity contribution in [2.75, 3.05) is 10.7 Å². The molecule has 1 aliphatic rings. The van der Waals surface area contributed by atoms with Crippen molar-refractivity contribution in [3.63, 3.8) is 0 Å². The summed E-state index contributed by atoms with van der Waals surface area (Å²) in [7, 11) is 0. The zero-order valence-electron chi connectivity index (χ0n) is 15.5. The Balaban J connectivity index is 1.66. The van der Waals surface area contributed by atoms with E-state index in [9.17, 15) is 4.79 Å². The normalized spacial score (nSPS) is 18.2. The van der Waals surface area contributed by atoms with E-state index in [1.807, 2.05) is 67.1 Å². The van der Waals surface area contributed by atoms with Crippen LogP contribution in [0.5, 0.6) is 0 Å². The van der Waals surface area contributed by atoms with Gasteiger partial charge in [0.05, 0.1) is 6.04 Å². The average Bonchev–Trinajstić information content (AvgIpc) is 3.11. The molecule has 0 bridgehead atoms. The lowest BCUT2D eigenvalue weighted by Crippen LogP contribution is -2.41. The number of nitrogens with one attached hydrogen (secondary N) is 2. The number of thioether (sulfide) groups is 1. The van der Waals surface area contributed by atoms with Crippen molar-refractivity contribution < 1.29 is 4.79 Å². The van der Waals surface area contributed by atoms with E-state index in [0.29, 0.717) is 10.2 Å². The number of fused-ring (bicyclic) bond motifs is 1. The molecule has 28 heavy (non-hydrogen) atoms. The van der Waals surface area contributed by atoms with E-state index < -0.39 is 5.25 Å². The molecule has 144 valence electrons. The number of carbonyl (C=O) groups is 1. The van der Waals surface area contributed by atoms with Gasteiger partial charge in [-0.1, -0.05) is 60.1 Å². The van der Waals surface area contributed by atoms with Crippen LogP contribution in [-0.2, 0) is 11.2 Å². The molecule has 8 heteroatoms. The second-order valence-electron chi connectivity index (χ2n) is 6.64. The topological polar surface area (TPSA) is 71.8 Å². The Bertz CT molecular complexity index is 987. The Kier molecular flexibility index (Phi) is 5.28. The van der Waals surface area contributed by atoms with Gasteiger partial charge in [-0.25, -0.2) is 4.68 Å². The fourth-order valence-electron chi connectivity index (χ4n) is 3.10. The molecule has 0 aliphatic carbocycles. The summed E-state index contributed by atoms with van der Waals surface area (Å²) in [6, 6.07) is 15.1. The monoisotopic (exact) mass is 413 g/mol. The maximum atomic E-state index is 13.1. The van der Waals surface area contributed by atoms with E-state index in [0.717, 1.165) is 29.1 Å². The van der Waals surface area contributed by atoms with Crippen molar-refractivity contribution in [3.05, 3.63) is 70.5 Å². The molecular weight excluding hydrogens is 394 g/mol. The summed E-state index contributed by atoms with van der Waals surface area (Å²) >= 11 is 7.46. The molecule has 0 saturated carbocycles. The first-order valence-electron chi connectivity index (χ1n) is 9.05. The summed E-state index contributed by atoms with van der Waals surface area (Å²) in [6.45, 7) is 4.04. The van der Waals surface area contributed by atoms with Crippen molar-refractivity contribution in [2.24, 2.45) is 0 Å². The van der Waals surface area contributed by atoms with Crippen molar-refractivity contribution >= 4 is 35.0 Å². The number of carbonyl (C=O) groups excluding carboxylic acids is 1. The molecule has 6 nitrogen and oxygen atoms in total. The highest BCUT2D eigenvalue weighted by molar-refractivity contribution is 8.00. The molecule has 0 fully saturated rings. The minimum absolute atomic E-state index is 0.0893. The van der Waals surface area contributed by atoms with E-state index in [-0.39, 0.29) is 11.9 Å². The van der Waals surface area contributed by atoms with Crippen molar-refractivity contribution in [1.82, 2.24) is 14.9 Å². The number of aromatic nitrogens is 3. The predicted octanol–water partition coefficient (Wildman–Crippen LogP) is 4.20. The molecule has 0 unspecified atom stereocenters. The van der Waals surface area contributed by atoms with Crippen molar-refractivity contribution in [2.45, 2.75) is 36.7 Å². The van der Waals surface area contributed by atoms with Crippen LogP contribution in [0.3, 0.4) is 0 Å². The molecule has 4 rings (SSSR count). The van der Waals surface area contributed by atoms with Gasteiger partial charge >= 0.3 is 0 Å². The van der Waals surface area contributed by atoms with Gasteiger partial charge in [0.25, 0.3) is 0 Å². The maximum absolute atomic E-state index is 13.1. The van der Waals surface area contributed by atoms with Crippen LogP contribution >= 0.6 is 23.4 Å². The Morgan fingerprint density at radius 1 is 1.18 bits per heavy atom. The van der Waals surface area contributed by atoms with E-state index in [4.69, 9.17) is 11.6 Å². The number of anilines is 1. The third-order valence-electron chi connectivity index (χ3n) is 4.63. The number of halogens is 1. The van der Waals surface area contributed by atoms with Gasteiger partial charge in [-0.05, 0) is 36.8 Å². The maximum Gasteiger partial charge on any atom is 0.240 e. The van der Waals surface area contributed by atoms with E-state index in [1.54, 1.807) is 0 Å². The van der Waals surface area contributed by atoms with Gasteiger partial charge in [-0.15, -0.1) is 10.2 Å². The standard InChI is InChI=1S/C20H20ClN5OS/c1-3-16-23-24-20-26(16)25-17(13-6-8-14(21)9-7-13)18(28-20)19(27)22-15-10-4-12(2)5-11-15/h4-11,17-18,25H,3H2,1-2H3,(H,22,27)/t17-,18+/m0/s1. The summed E-state index contributed by atoms with van der Waals surface area (Å²) in [6.07, 6.45) is 0.744. The van der Waals surface area contributed by atoms with Crippen LogP contribution in [0.25, 0.3) is 0 Å². The van der Waals surface area contributed by atoms with Gasteiger partial charge in [0.2, 0.25) is 11.1 Å². The fraction of sp³-hybridized carbons (Fsp3) is 0.250. The average molecular weight is 414 g/mol. The number of amides is 1. The number of aryl methyl sites for hydroxylation is 2. The fourth-order valence-corrected chi connectivity index (χ4v) is 4.32. The summed E-state index contributed by atoms with van der Waals surface area (Å²) in [4.78, 5) is 13.1. The first kappa shape index (κ1) is 18.8. The zero-order valence-corrected chi connectivity index (χ0v) is 17.1. The third-order valence-corrected chi connectivity index (χ3v) is 6.09. The van der Waals surface area contributed by atoms with Crippen LogP contribution in [0, 0.1) is 6.92 Å². The Morgan fingerprint density at radius 3 is 2.57 bits per heavy atom. The van der Waals surface area contributed by atoms with Gasteiger partial charge in [0, 0.05) is 17.1 Å². The van der Waals surface area contributed by atoms with E-state index in [2.05, 4.69) is 20.9 Å². The Hall–Kier alpha value is -2.51. The van der Waals surface area contributed by atoms with Gasteiger partial charge in [-0.3, -0.25) is 4.79 Å². The first-order chi connectivity index (χ1) is 13.5. The highest BCUT2D eigenvalue weighted by Crippen LogP contribution is 2.37. The highest BCUT2D eigenvalue weighted by Gasteiger charge is 2.37. The number of rotatable bonds is 4. The smallest absolute Gasteiger partial charge is 0.240 e. The molecule has 1 aliphatic heterocycles. The predicted molar refractivity (Wildman–Crippen MR) is 112 cm³/mol. The minimum Gasteiger partial charge on any atom is -0.325 e. The zero-order chi connectivity index (χ0) is 19.7. The SMILES string of the molecule is CCc1nnc2n1N[C@@H](c1ccc(Cl)cc1)[C@H](C(=O)Nc1ccc(C)cc1)S2. The first-order valence-corrected chi connectivity index (χ1v) is 10.3. The quantitative estimate of drug-likeness (QED) is 0.670. The van der Waals surface area contributed by atoms with Gasteiger partial charge in [0.1, 0.15) is 5.25 Å². The van der Waals surface area contributed by atoms with E-state index >= 15 is 0 Å². The number of nitrogens with zero attached hydrogens (tertiary/aromatic N) is 3. The Labute approximate surface area is 172 Å². The molecule has 1 aromatic heterocycles. The second kappa shape index (κ2) is 7.85. The number of hydrogen-bond donors (Lipinski definition) is 2. The lowest BCUT2D eigenvalue weighted by molar-refractivity contribution is -0.116. The molecule has 0 radical (unpaired) electrons. The van der Waals surface area contributed by atoms with Crippen LogP contribution in [0.1, 0.15) is 29.9 Å². The molecule has 2 aromatic carbocycles. The second-order valence-corrected chi connectivity index (χ2v) is 8.18. The number of hydrogen-bond acceptors (Lipinski definition) is 5. The van der Waals surface area contributed by atoms with Crippen molar-refractivity contribution in [1.29, 1.82) is 0 Å². The summed E-state index contributed by atoms with van der Waals surface area (Å²) in [5.41, 5.74) is 6.31. The lowest BCUT2D eigenvalue weighted by Gasteiger charge is -2.33. The van der Waals surface area contributed by atoms with Crippen LogP contribution in [0.4, 0.5) is 5.69 Å². The van der Waals surface area contributed by atoms with Gasteiger partial charge in [0.15, 0.2) is 5.82 Å². The molecule has 2 heterocycles. The molecule has 2 atom stereocenters. The molecule has 2 N–H and O–H groups in total. The Morgan fingerprint density at radius 2 is 1.89 bits per heavy atom. The highest BCUT2D eigenvalue weighted by atomic mass is 35.5. The van der Waals surface area contributed by atoms with Crippen molar-refractivity contribution in [3.8, 4) is 0 Å². The molecular formula is C20H20ClN5OS. The van der Waals surface area contributed by atoms with Crippen LogP contribution in [0.2, 0.25) is 5.02 Å². The van der Waals surface area contributed by atoms with Gasteiger partial charge < -0.3 is 10.7 Å². The van der Waals surface area contributed by atoms with Crippen LogP contribution in [0.15, 0.2) is 53.7 Å². The minimum atomic E-state index is -0.413. The molecule has 0 saturated heterocycles. The van der Waals surface area contributed by atoms with Crippen LogP contribution < -0.4 is 10.7 Å². The largest absolute Gasteiger partial charge is 0.325 e.